The third-order valence-corrected chi connectivity index (χ3v) is 18.2. The molecule has 1 aromatic rings. The van der Waals surface area contributed by atoms with Crippen molar-refractivity contribution >= 4 is 27.8 Å². The van der Waals surface area contributed by atoms with Crippen LogP contribution in [0.1, 0.15) is 83.8 Å². The van der Waals surface area contributed by atoms with Crippen LogP contribution >= 0.6 is 0 Å². The molecule has 2 fully saturated rings. The monoisotopic (exact) mass is 456 g/mol. The average molecular weight is 457 g/mol. The number of hydrogen-bond donors (Lipinski definition) is 0. The van der Waals surface area contributed by atoms with E-state index in [2.05, 4.69) is 59.8 Å². The molecule has 0 aromatic heterocycles. The van der Waals surface area contributed by atoms with Crippen molar-refractivity contribution in [1.82, 2.24) is 0 Å². The Morgan fingerprint density at radius 2 is 1.74 bits per heavy atom. The number of carbonyl (C=O) groups is 1. The molecule has 0 N–H and O–H groups in total. The molecule has 1 aliphatic heterocycles. The molecule has 5 rings (SSSR count). The summed E-state index contributed by atoms with van der Waals surface area (Å²) in [6.07, 6.45) is 6.52. The number of hydrogen-bond acceptors (Lipinski definition) is 3. The summed E-state index contributed by atoms with van der Waals surface area (Å²) >= 11 is 0. The Labute approximate surface area is 190 Å². The first-order chi connectivity index (χ1) is 14.5. The Morgan fingerprint density at radius 1 is 1.03 bits per heavy atom. The van der Waals surface area contributed by atoms with Crippen LogP contribution < -0.4 is 9.61 Å². The molecule has 0 saturated heterocycles. The Bertz CT molecular complexity index is 913. The highest BCUT2D eigenvalue weighted by Crippen LogP contribution is 2.59. The molecular formula is C26H40O3Si2. The van der Waals surface area contributed by atoms with Crippen LogP contribution in [0.4, 0.5) is 0 Å². The van der Waals surface area contributed by atoms with E-state index in [1.54, 1.807) is 5.56 Å². The molecule has 170 valence electrons. The van der Waals surface area contributed by atoms with Gasteiger partial charge in [0.2, 0.25) is 8.32 Å². The number of carbonyl (C=O) groups excluding carboxylic acids is 1. The standard InChI is InChI=1S/C26H40O3Si2/c1-16(2)31(17(3)4)28-23-14-18-8-9-20-19(21(18)15-24(23)30(6,7)29-31)12-13-26(5)22(20)10-11-25(26)27/h14-17,19-20,22H,8-13H2,1-7H3/t19-,20+,22-,26-/m0/s1. The van der Waals surface area contributed by atoms with Gasteiger partial charge in [0.1, 0.15) is 11.5 Å². The van der Waals surface area contributed by atoms with Gasteiger partial charge in [-0.2, -0.15) is 0 Å². The third-order valence-electron chi connectivity index (χ3n) is 9.48. The van der Waals surface area contributed by atoms with Crippen molar-refractivity contribution in [3.8, 4) is 5.75 Å². The van der Waals surface area contributed by atoms with Gasteiger partial charge in [-0.25, -0.2) is 0 Å². The number of ketones is 1. The summed E-state index contributed by atoms with van der Waals surface area (Å²) in [6.45, 7) is 16.2. The van der Waals surface area contributed by atoms with Gasteiger partial charge in [0.25, 0.3) is 0 Å². The van der Waals surface area contributed by atoms with E-state index < -0.39 is 16.9 Å². The first kappa shape index (κ1) is 21.9. The van der Waals surface area contributed by atoms with Gasteiger partial charge in [0.15, 0.2) is 0 Å². The van der Waals surface area contributed by atoms with E-state index in [0.29, 0.717) is 34.6 Å². The van der Waals surface area contributed by atoms with Gasteiger partial charge in [-0.15, -0.1) is 0 Å². The fourth-order valence-electron chi connectivity index (χ4n) is 7.71. The van der Waals surface area contributed by atoms with Crippen molar-refractivity contribution < 1.29 is 13.3 Å². The maximum absolute atomic E-state index is 12.7. The van der Waals surface area contributed by atoms with Crippen LogP contribution in [0.25, 0.3) is 0 Å². The van der Waals surface area contributed by atoms with Gasteiger partial charge < -0.3 is 8.54 Å². The molecule has 0 radical (unpaired) electrons. The first-order valence-electron chi connectivity index (χ1n) is 12.6. The smallest absolute Gasteiger partial charge is 0.394 e. The Morgan fingerprint density at radius 3 is 2.42 bits per heavy atom. The first-order valence-corrected chi connectivity index (χ1v) is 17.5. The molecule has 3 aliphatic carbocycles. The number of Topliss-reactive ketones (excluding diaryl/α,β-unsaturated/α-hetero) is 1. The van der Waals surface area contributed by atoms with Crippen LogP contribution in [0, 0.1) is 17.3 Å². The molecule has 0 spiro atoms. The van der Waals surface area contributed by atoms with Crippen LogP contribution in [0.5, 0.6) is 5.75 Å². The van der Waals surface area contributed by atoms with Gasteiger partial charge in [0.05, 0.1) is 0 Å². The molecule has 3 nitrogen and oxygen atoms in total. The fourth-order valence-corrected chi connectivity index (χ4v) is 17.0. The average Bonchev–Trinajstić information content (AvgIpc) is 3.00. The van der Waals surface area contributed by atoms with Crippen LogP contribution in [0.3, 0.4) is 0 Å². The summed E-state index contributed by atoms with van der Waals surface area (Å²) in [5.74, 6) is 3.55. The van der Waals surface area contributed by atoms with Crippen molar-refractivity contribution in [3.63, 3.8) is 0 Å². The maximum Gasteiger partial charge on any atom is 0.394 e. The second-order valence-corrected chi connectivity index (χ2v) is 20.5. The second-order valence-electron chi connectivity index (χ2n) is 12.1. The van der Waals surface area contributed by atoms with E-state index in [0.717, 1.165) is 37.9 Å². The van der Waals surface area contributed by atoms with E-state index in [-0.39, 0.29) is 5.41 Å². The maximum atomic E-state index is 12.7. The summed E-state index contributed by atoms with van der Waals surface area (Å²) in [5.41, 5.74) is 3.89. The lowest BCUT2D eigenvalue weighted by molar-refractivity contribution is -0.129. The second kappa shape index (κ2) is 7.04. The van der Waals surface area contributed by atoms with Gasteiger partial charge in [-0.1, -0.05) is 40.7 Å². The summed E-state index contributed by atoms with van der Waals surface area (Å²) < 4.78 is 13.9. The molecule has 0 amide bonds. The number of benzene rings is 1. The lowest BCUT2D eigenvalue weighted by Gasteiger charge is -2.50. The molecule has 0 bridgehead atoms. The van der Waals surface area contributed by atoms with E-state index in [1.807, 2.05) is 0 Å². The van der Waals surface area contributed by atoms with Gasteiger partial charge in [-0.05, 0) is 80.1 Å². The third kappa shape index (κ3) is 3.02. The van der Waals surface area contributed by atoms with Crippen LogP contribution in [-0.4, -0.2) is 22.7 Å². The predicted molar refractivity (Wildman–Crippen MR) is 131 cm³/mol. The Balaban J connectivity index is 1.56. The lowest BCUT2D eigenvalue weighted by Crippen LogP contribution is -2.66. The van der Waals surface area contributed by atoms with Crippen molar-refractivity contribution in [2.45, 2.75) is 103 Å². The van der Waals surface area contributed by atoms with Crippen molar-refractivity contribution in [2.24, 2.45) is 17.3 Å². The highest BCUT2D eigenvalue weighted by Gasteiger charge is 2.57. The molecule has 31 heavy (non-hydrogen) atoms. The quantitative estimate of drug-likeness (QED) is 0.497. The molecular weight excluding hydrogens is 416 g/mol. The van der Waals surface area contributed by atoms with E-state index in [9.17, 15) is 4.79 Å². The van der Waals surface area contributed by atoms with Gasteiger partial charge >= 0.3 is 8.56 Å². The molecule has 1 heterocycles. The summed E-state index contributed by atoms with van der Waals surface area (Å²) in [7, 11) is -4.37. The largest absolute Gasteiger partial charge is 0.520 e. The molecule has 5 heteroatoms. The molecule has 1 aromatic carbocycles. The fraction of sp³-hybridized carbons (Fsp3) is 0.731. The summed E-state index contributed by atoms with van der Waals surface area (Å²) in [6, 6.07) is 4.92. The van der Waals surface area contributed by atoms with Gasteiger partial charge in [-0.3, -0.25) is 4.79 Å². The minimum Gasteiger partial charge on any atom is -0.520 e. The van der Waals surface area contributed by atoms with Crippen molar-refractivity contribution in [1.29, 1.82) is 0 Å². The number of rotatable bonds is 2. The van der Waals surface area contributed by atoms with Crippen LogP contribution in [0.2, 0.25) is 24.2 Å². The lowest BCUT2D eigenvalue weighted by atomic mass is 9.55. The normalized spacial score (nSPS) is 35.3. The van der Waals surface area contributed by atoms with Crippen LogP contribution in [-0.2, 0) is 15.3 Å². The van der Waals surface area contributed by atoms with Crippen molar-refractivity contribution in [3.05, 3.63) is 23.3 Å². The molecule has 4 aliphatic rings. The van der Waals surface area contributed by atoms with E-state index in [4.69, 9.17) is 8.54 Å². The molecule has 0 unspecified atom stereocenters. The minimum absolute atomic E-state index is 0.0488. The Hall–Kier alpha value is -0.916. The molecule has 4 atom stereocenters. The van der Waals surface area contributed by atoms with Gasteiger partial charge in [0, 0.05) is 28.1 Å². The summed E-state index contributed by atoms with van der Waals surface area (Å²) in [5, 5.41) is 1.37. The SMILES string of the molecule is CC(C)[Si]1(C(C)C)Oc2cc3c(cc2[Si](C)(C)O1)[C@H]1CC[C@]2(C)C(=O)CC[C@H]2[C@@H]1CC3. The van der Waals surface area contributed by atoms with E-state index in [1.165, 1.54) is 17.2 Å². The highest BCUT2D eigenvalue weighted by molar-refractivity contribution is 6.94. The highest BCUT2D eigenvalue weighted by atomic mass is 28.4. The van der Waals surface area contributed by atoms with Crippen molar-refractivity contribution in [2.75, 3.05) is 0 Å². The number of aryl methyl sites for hydroxylation is 1. The van der Waals surface area contributed by atoms with Crippen LogP contribution in [0.15, 0.2) is 12.1 Å². The predicted octanol–water partition coefficient (Wildman–Crippen LogP) is 6.20. The minimum atomic E-state index is -2.31. The zero-order valence-corrected chi connectivity index (χ0v) is 22.5. The zero-order valence-electron chi connectivity index (χ0n) is 20.5. The van der Waals surface area contributed by atoms with E-state index >= 15 is 0 Å². The Kier molecular flexibility index (Phi) is 4.97. The zero-order chi connectivity index (χ0) is 22.3. The topological polar surface area (TPSA) is 35.5 Å². The molecule has 2 saturated carbocycles. The number of fused-ring (bicyclic) bond motifs is 6. The summed E-state index contributed by atoms with van der Waals surface area (Å²) in [4.78, 5) is 12.7.